The molecule has 2 aromatic rings. The van der Waals surface area contributed by atoms with Gasteiger partial charge in [0.15, 0.2) is 0 Å². The zero-order valence-electron chi connectivity index (χ0n) is 11.1. The summed E-state index contributed by atoms with van der Waals surface area (Å²) in [5.74, 6) is 0.224. The smallest absolute Gasteiger partial charge is 0.146 e. The molecule has 3 N–H and O–H groups in total. The molecule has 0 spiro atoms. The Morgan fingerprint density at radius 2 is 2.10 bits per heavy atom. The summed E-state index contributed by atoms with van der Waals surface area (Å²) in [6.45, 7) is 0.316. The average molecular weight is 295 g/mol. The molecule has 0 bridgehead atoms. The quantitative estimate of drug-likeness (QED) is 0.886. The van der Waals surface area contributed by atoms with Gasteiger partial charge in [-0.3, -0.25) is 0 Å². The zero-order chi connectivity index (χ0) is 14.5. The number of benzene rings is 2. The molecule has 5 heteroatoms. The van der Waals surface area contributed by atoms with Crippen molar-refractivity contribution in [3.63, 3.8) is 0 Å². The summed E-state index contributed by atoms with van der Waals surface area (Å²) < 4.78 is 18.9. The number of nitrogens with one attached hydrogen (secondary N) is 1. The largest absolute Gasteiger partial charge is 0.497 e. The highest BCUT2D eigenvalue weighted by atomic mass is 35.5. The molecule has 0 aliphatic heterocycles. The van der Waals surface area contributed by atoms with Gasteiger partial charge in [-0.25, -0.2) is 4.39 Å². The molecular formula is C15H16ClFN2O. The predicted molar refractivity (Wildman–Crippen MR) is 79.8 cm³/mol. The topological polar surface area (TPSA) is 47.3 Å². The first-order chi connectivity index (χ1) is 9.63. The van der Waals surface area contributed by atoms with Gasteiger partial charge in [-0.15, -0.1) is 0 Å². The average Bonchev–Trinajstić information content (AvgIpc) is 2.46. The SMILES string of the molecule is COc1ccc(F)c(NC(CN)c2cccc(Cl)c2)c1. The molecule has 1 atom stereocenters. The third kappa shape index (κ3) is 3.40. The molecule has 0 saturated carbocycles. The summed E-state index contributed by atoms with van der Waals surface area (Å²) in [6, 6.07) is 11.6. The van der Waals surface area contributed by atoms with Crippen molar-refractivity contribution in [2.24, 2.45) is 5.73 Å². The monoisotopic (exact) mass is 294 g/mol. The van der Waals surface area contributed by atoms with E-state index in [1.54, 1.807) is 18.2 Å². The molecule has 2 aromatic carbocycles. The number of rotatable bonds is 5. The summed E-state index contributed by atoms with van der Waals surface area (Å²) in [5, 5.41) is 3.70. The Morgan fingerprint density at radius 3 is 2.75 bits per heavy atom. The van der Waals surface area contributed by atoms with E-state index >= 15 is 0 Å². The molecule has 0 amide bonds. The summed E-state index contributed by atoms with van der Waals surface area (Å²) >= 11 is 5.97. The maximum Gasteiger partial charge on any atom is 0.146 e. The van der Waals surface area contributed by atoms with E-state index in [2.05, 4.69) is 5.32 Å². The number of halogens is 2. The highest BCUT2D eigenvalue weighted by Gasteiger charge is 2.13. The number of nitrogens with two attached hydrogens (primary N) is 1. The highest BCUT2D eigenvalue weighted by molar-refractivity contribution is 6.30. The maximum atomic E-state index is 13.8. The van der Waals surface area contributed by atoms with Crippen molar-refractivity contribution in [3.05, 3.63) is 58.9 Å². The first kappa shape index (κ1) is 14.6. The Bertz CT molecular complexity index is 592. The Labute approximate surface area is 122 Å². The van der Waals surface area contributed by atoms with Gasteiger partial charge in [-0.1, -0.05) is 23.7 Å². The third-order valence-corrected chi connectivity index (χ3v) is 3.23. The Kier molecular flexibility index (Phi) is 4.82. The zero-order valence-corrected chi connectivity index (χ0v) is 11.8. The van der Waals surface area contributed by atoms with Crippen molar-refractivity contribution in [1.82, 2.24) is 0 Å². The first-order valence-corrected chi connectivity index (χ1v) is 6.57. The van der Waals surface area contributed by atoms with Crippen LogP contribution in [-0.2, 0) is 0 Å². The molecule has 0 radical (unpaired) electrons. The second-order valence-corrected chi connectivity index (χ2v) is 4.77. The fourth-order valence-electron chi connectivity index (χ4n) is 1.93. The van der Waals surface area contributed by atoms with E-state index in [0.29, 0.717) is 23.0 Å². The molecular weight excluding hydrogens is 279 g/mol. The fraction of sp³-hybridized carbons (Fsp3) is 0.200. The van der Waals surface area contributed by atoms with Gasteiger partial charge in [0, 0.05) is 17.6 Å². The van der Waals surface area contributed by atoms with E-state index in [1.807, 2.05) is 18.2 Å². The Hall–Kier alpha value is -1.78. The molecule has 0 saturated heterocycles. The molecule has 0 aliphatic rings. The number of methoxy groups -OCH3 is 1. The van der Waals surface area contributed by atoms with Crippen molar-refractivity contribution in [2.45, 2.75) is 6.04 Å². The van der Waals surface area contributed by atoms with E-state index in [-0.39, 0.29) is 11.9 Å². The molecule has 1 unspecified atom stereocenters. The van der Waals surface area contributed by atoms with Crippen LogP contribution >= 0.6 is 11.6 Å². The van der Waals surface area contributed by atoms with Crippen LogP contribution in [0.25, 0.3) is 0 Å². The second kappa shape index (κ2) is 6.59. The minimum atomic E-state index is -0.355. The van der Waals surface area contributed by atoms with Crippen molar-refractivity contribution in [3.8, 4) is 5.75 Å². The lowest BCUT2D eigenvalue weighted by Crippen LogP contribution is -2.21. The van der Waals surface area contributed by atoms with Gasteiger partial charge in [0.25, 0.3) is 0 Å². The van der Waals surface area contributed by atoms with Crippen LogP contribution in [0.2, 0.25) is 5.02 Å². The van der Waals surface area contributed by atoms with Crippen LogP contribution in [0, 0.1) is 5.82 Å². The Morgan fingerprint density at radius 1 is 1.30 bits per heavy atom. The van der Waals surface area contributed by atoms with E-state index in [9.17, 15) is 4.39 Å². The van der Waals surface area contributed by atoms with Crippen molar-refractivity contribution in [1.29, 1.82) is 0 Å². The van der Waals surface area contributed by atoms with Gasteiger partial charge in [-0.2, -0.15) is 0 Å². The molecule has 3 nitrogen and oxygen atoms in total. The lowest BCUT2D eigenvalue weighted by Gasteiger charge is -2.19. The number of anilines is 1. The normalized spacial score (nSPS) is 12.0. The van der Waals surface area contributed by atoms with Gasteiger partial charge in [0.1, 0.15) is 11.6 Å². The minimum absolute atomic E-state index is 0.227. The van der Waals surface area contributed by atoms with E-state index in [1.165, 1.54) is 13.2 Å². The molecule has 2 rings (SSSR count). The van der Waals surface area contributed by atoms with Crippen molar-refractivity contribution >= 4 is 17.3 Å². The predicted octanol–water partition coefficient (Wildman–Crippen LogP) is 3.60. The third-order valence-electron chi connectivity index (χ3n) is 2.99. The molecule has 20 heavy (non-hydrogen) atoms. The maximum absolute atomic E-state index is 13.8. The standard InChI is InChI=1S/C15H16ClFN2O/c1-20-12-5-6-13(17)14(8-12)19-15(9-18)10-3-2-4-11(16)7-10/h2-8,15,19H,9,18H2,1H3. The van der Waals surface area contributed by atoms with Crippen molar-refractivity contribution < 1.29 is 9.13 Å². The number of hydrogen-bond donors (Lipinski definition) is 2. The van der Waals surface area contributed by atoms with Crippen LogP contribution in [-0.4, -0.2) is 13.7 Å². The molecule has 0 fully saturated rings. The lowest BCUT2D eigenvalue weighted by atomic mass is 10.1. The van der Waals surface area contributed by atoms with Crippen LogP contribution in [0.3, 0.4) is 0 Å². The number of hydrogen-bond acceptors (Lipinski definition) is 3. The van der Waals surface area contributed by atoms with Crippen LogP contribution in [0.1, 0.15) is 11.6 Å². The van der Waals surface area contributed by atoms with Crippen LogP contribution in [0.5, 0.6) is 5.75 Å². The summed E-state index contributed by atoms with van der Waals surface area (Å²) in [6.07, 6.45) is 0. The minimum Gasteiger partial charge on any atom is -0.497 e. The molecule has 0 aliphatic carbocycles. The Balaban J connectivity index is 2.26. The van der Waals surface area contributed by atoms with E-state index in [4.69, 9.17) is 22.1 Å². The molecule has 0 heterocycles. The van der Waals surface area contributed by atoms with E-state index in [0.717, 1.165) is 5.56 Å². The van der Waals surface area contributed by atoms with Gasteiger partial charge in [0.2, 0.25) is 0 Å². The van der Waals surface area contributed by atoms with Crippen LogP contribution in [0.15, 0.2) is 42.5 Å². The van der Waals surface area contributed by atoms with E-state index < -0.39 is 0 Å². The van der Waals surface area contributed by atoms with Crippen LogP contribution in [0.4, 0.5) is 10.1 Å². The summed E-state index contributed by atoms with van der Waals surface area (Å²) in [4.78, 5) is 0. The van der Waals surface area contributed by atoms with Crippen LogP contribution < -0.4 is 15.8 Å². The highest BCUT2D eigenvalue weighted by Crippen LogP contribution is 2.26. The van der Waals surface area contributed by atoms with Gasteiger partial charge in [-0.05, 0) is 29.8 Å². The second-order valence-electron chi connectivity index (χ2n) is 4.33. The molecule has 0 aromatic heterocycles. The summed E-state index contributed by atoms with van der Waals surface area (Å²) in [5.41, 5.74) is 7.02. The summed E-state index contributed by atoms with van der Waals surface area (Å²) in [7, 11) is 1.54. The van der Waals surface area contributed by atoms with Gasteiger partial charge < -0.3 is 15.8 Å². The van der Waals surface area contributed by atoms with Gasteiger partial charge in [0.05, 0.1) is 18.8 Å². The number of ether oxygens (including phenoxy) is 1. The fourth-order valence-corrected chi connectivity index (χ4v) is 2.13. The lowest BCUT2D eigenvalue weighted by molar-refractivity contribution is 0.414. The molecule has 106 valence electrons. The first-order valence-electron chi connectivity index (χ1n) is 6.19. The van der Waals surface area contributed by atoms with Gasteiger partial charge >= 0.3 is 0 Å². The van der Waals surface area contributed by atoms with Crippen molar-refractivity contribution in [2.75, 3.05) is 19.0 Å².